The van der Waals surface area contributed by atoms with E-state index in [1.165, 1.54) is 4.90 Å². The van der Waals surface area contributed by atoms with E-state index in [1.807, 2.05) is 0 Å². The van der Waals surface area contributed by atoms with Crippen LogP contribution >= 0.6 is 11.6 Å². The van der Waals surface area contributed by atoms with Gasteiger partial charge >= 0.3 is 0 Å². The van der Waals surface area contributed by atoms with E-state index in [9.17, 15) is 9.59 Å². The smallest absolute Gasteiger partial charge is 0.251 e. The highest BCUT2D eigenvalue weighted by atomic mass is 35.5. The molecular weight excluding hydrogens is 304 g/mol. The Hall–Kier alpha value is -2.27. The first-order valence-electron chi connectivity index (χ1n) is 6.81. The van der Waals surface area contributed by atoms with Crippen LogP contribution in [0.25, 0.3) is 0 Å². The van der Waals surface area contributed by atoms with Crippen LogP contribution in [0.4, 0.5) is 0 Å². The molecule has 1 N–H and O–H groups in total. The number of hydrogen-bond acceptors (Lipinski definition) is 3. The Morgan fingerprint density at radius 1 is 1.27 bits per heavy atom. The largest absolute Gasteiger partial charge is 0.467 e. The van der Waals surface area contributed by atoms with Crippen molar-refractivity contribution in [1.29, 1.82) is 0 Å². The maximum absolute atomic E-state index is 12.2. The number of likely N-dealkylation sites (N-methyl/N-ethyl adjacent to an activating group) is 1. The molecule has 1 aromatic heterocycles. The summed E-state index contributed by atoms with van der Waals surface area (Å²) in [5.41, 5.74) is 0.456. The van der Waals surface area contributed by atoms with E-state index in [-0.39, 0.29) is 11.8 Å². The molecule has 1 atom stereocenters. The van der Waals surface area contributed by atoms with Crippen LogP contribution in [-0.4, -0.2) is 29.8 Å². The summed E-state index contributed by atoms with van der Waals surface area (Å²) in [5.74, 6) is 0.176. The van der Waals surface area contributed by atoms with Crippen molar-refractivity contribution >= 4 is 23.4 Å². The number of furan rings is 1. The number of hydrogen-bond donors (Lipinski definition) is 1. The summed E-state index contributed by atoms with van der Waals surface area (Å²) in [6, 6.07) is 9.41. The Kier molecular flexibility index (Phi) is 5.22. The lowest BCUT2D eigenvalue weighted by molar-refractivity contribution is -0.132. The second-order valence-electron chi connectivity index (χ2n) is 4.98. The Labute approximate surface area is 133 Å². The van der Waals surface area contributed by atoms with Crippen molar-refractivity contribution in [3.8, 4) is 0 Å². The highest BCUT2D eigenvalue weighted by Crippen LogP contribution is 2.10. The lowest BCUT2D eigenvalue weighted by Gasteiger charge is -2.21. The predicted octanol–water partition coefficient (Wildman–Crippen LogP) is 2.71. The van der Waals surface area contributed by atoms with Crippen LogP contribution in [0.5, 0.6) is 0 Å². The molecule has 0 fully saturated rings. The van der Waals surface area contributed by atoms with Crippen LogP contribution in [0, 0.1) is 0 Å². The minimum atomic E-state index is -0.636. The molecule has 2 amide bonds. The topological polar surface area (TPSA) is 62.6 Å². The maximum atomic E-state index is 12.2. The molecule has 0 aliphatic rings. The number of carbonyl (C=O) groups excluding carboxylic acids is 2. The molecule has 0 spiro atoms. The van der Waals surface area contributed by atoms with Gasteiger partial charge in [-0.25, -0.2) is 0 Å². The minimum absolute atomic E-state index is 0.196. The zero-order valence-corrected chi connectivity index (χ0v) is 13.1. The summed E-state index contributed by atoms with van der Waals surface area (Å²) in [6.07, 6.45) is 1.55. The first-order valence-corrected chi connectivity index (χ1v) is 7.19. The molecule has 0 bridgehead atoms. The molecule has 1 aromatic carbocycles. The van der Waals surface area contributed by atoms with Crippen molar-refractivity contribution in [3.63, 3.8) is 0 Å². The Morgan fingerprint density at radius 2 is 1.95 bits per heavy atom. The summed E-state index contributed by atoms with van der Waals surface area (Å²) < 4.78 is 5.20. The molecule has 2 rings (SSSR count). The zero-order valence-electron chi connectivity index (χ0n) is 12.4. The van der Waals surface area contributed by atoms with E-state index in [0.717, 1.165) is 0 Å². The van der Waals surface area contributed by atoms with Crippen molar-refractivity contribution in [3.05, 3.63) is 59.0 Å². The van der Waals surface area contributed by atoms with E-state index in [4.69, 9.17) is 16.0 Å². The van der Waals surface area contributed by atoms with Gasteiger partial charge in [0.2, 0.25) is 5.91 Å². The molecule has 0 radical (unpaired) electrons. The number of nitrogens with one attached hydrogen (secondary N) is 1. The molecule has 116 valence electrons. The lowest BCUT2D eigenvalue weighted by atomic mass is 10.2. The molecule has 1 unspecified atom stereocenters. The molecule has 0 saturated carbocycles. The molecule has 5 nitrogen and oxygen atoms in total. The van der Waals surface area contributed by atoms with E-state index in [0.29, 0.717) is 22.9 Å². The molecule has 22 heavy (non-hydrogen) atoms. The zero-order chi connectivity index (χ0) is 16.1. The number of benzene rings is 1. The van der Waals surface area contributed by atoms with E-state index in [1.54, 1.807) is 56.6 Å². The third-order valence-corrected chi connectivity index (χ3v) is 3.43. The van der Waals surface area contributed by atoms with E-state index < -0.39 is 6.04 Å². The average molecular weight is 321 g/mol. The van der Waals surface area contributed by atoms with Gasteiger partial charge in [-0.3, -0.25) is 9.59 Å². The number of rotatable bonds is 5. The molecular formula is C16H17ClN2O3. The van der Waals surface area contributed by atoms with E-state index in [2.05, 4.69) is 5.32 Å². The molecule has 2 aromatic rings. The van der Waals surface area contributed by atoms with Crippen LogP contribution in [0.15, 0.2) is 47.1 Å². The van der Waals surface area contributed by atoms with Crippen molar-refractivity contribution in [2.75, 3.05) is 7.05 Å². The average Bonchev–Trinajstić information content (AvgIpc) is 2.99. The minimum Gasteiger partial charge on any atom is -0.467 e. The highest BCUT2D eigenvalue weighted by Gasteiger charge is 2.20. The Morgan fingerprint density at radius 3 is 2.55 bits per heavy atom. The normalized spacial score (nSPS) is 11.8. The van der Waals surface area contributed by atoms with Crippen molar-refractivity contribution in [2.24, 2.45) is 0 Å². The second kappa shape index (κ2) is 7.13. The molecule has 0 aliphatic carbocycles. The molecule has 6 heteroatoms. The van der Waals surface area contributed by atoms with Gasteiger partial charge in [0.25, 0.3) is 5.91 Å². The van der Waals surface area contributed by atoms with Gasteiger partial charge in [0.1, 0.15) is 11.8 Å². The first kappa shape index (κ1) is 16.1. The number of carbonyl (C=O) groups is 2. The fraction of sp³-hybridized carbons (Fsp3) is 0.250. The summed E-state index contributed by atoms with van der Waals surface area (Å²) in [7, 11) is 1.66. The van der Waals surface area contributed by atoms with Crippen molar-refractivity contribution in [2.45, 2.75) is 19.5 Å². The second-order valence-corrected chi connectivity index (χ2v) is 5.41. The number of amides is 2. The van der Waals surface area contributed by atoms with Crippen LogP contribution in [0.3, 0.4) is 0 Å². The summed E-state index contributed by atoms with van der Waals surface area (Å²) in [6.45, 7) is 2.00. The van der Waals surface area contributed by atoms with E-state index >= 15 is 0 Å². The third-order valence-electron chi connectivity index (χ3n) is 3.17. The van der Waals surface area contributed by atoms with Gasteiger partial charge in [-0.1, -0.05) is 11.6 Å². The van der Waals surface area contributed by atoms with Crippen molar-refractivity contribution < 1.29 is 14.0 Å². The summed E-state index contributed by atoms with van der Waals surface area (Å²) in [5, 5.41) is 3.23. The monoisotopic (exact) mass is 320 g/mol. The van der Waals surface area contributed by atoms with Gasteiger partial charge < -0.3 is 14.6 Å². The standard InChI is InChI=1S/C16H17ClN2O3/c1-11(16(21)19(2)10-14-4-3-9-22-14)18-15(20)12-5-7-13(17)8-6-12/h3-9,11H,10H2,1-2H3,(H,18,20). The van der Waals surface area contributed by atoms with Gasteiger partial charge in [0.05, 0.1) is 12.8 Å². The quantitative estimate of drug-likeness (QED) is 0.921. The van der Waals surface area contributed by atoms with Gasteiger partial charge in [-0.15, -0.1) is 0 Å². The fourth-order valence-corrected chi connectivity index (χ4v) is 2.11. The van der Waals surface area contributed by atoms with Gasteiger partial charge in [0, 0.05) is 17.6 Å². The van der Waals surface area contributed by atoms with Gasteiger partial charge in [0.15, 0.2) is 0 Å². The predicted molar refractivity (Wildman–Crippen MR) is 83.6 cm³/mol. The summed E-state index contributed by atoms with van der Waals surface area (Å²) >= 11 is 5.78. The maximum Gasteiger partial charge on any atom is 0.251 e. The van der Waals surface area contributed by atoms with Gasteiger partial charge in [-0.05, 0) is 43.3 Å². The molecule has 0 saturated heterocycles. The third kappa shape index (κ3) is 4.11. The number of nitrogens with zero attached hydrogens (tertiary/aromatic N) is 1. The molecule has 1 heterocycles. The molecule has 0 aliphatic heterocycles. The van der Waals surface area contributed by atoms with Crippen LogP contribution < -0.4 is 5.32 Å². The lowest BCUT2D eigenvalue weighted by Crippen LogP contribution is -2.45. The number of halogens is 1. The van der Waals surface area contributed by atoms with Gasteiger partial charge in [-0.2, -0.15) is 0 Å². The van der Waals surface area contributed by atoms with Crippen molar-refractivity contribution in [1.82, 2.24) is 10.2 Å². The Bertz CT molecular complexity index is 638. The highest BCUT2D eigenvalue weighted by molar-refractivity contribution is 6.30. The SMILES string of the molecule is CC(NC(=O)c1ccc(Cl)cc1)C(=O)N(C)Cc1ccco1. The van der Waals surface area contributed by atoms with Crippen LogP contribution in [0.1, 0.15) is 23.0 Å². The first-order chi connectivity index (χ1) is 10.5. The van der Waals surface area contributed by atoms with Crippen LogP contribution in [0.2, 0.25) is 5.02 Å². The van der Waals surface area contributed by atoms with Crippen LogP contribution in [-0.2, 0) is 11.3 Å². The summed E-state index contributed by atoms with van der Waals surface area (Å²) in [4.78, 5) is 25.8. The fourth-order valence-electron chi connectivity index (χ4n) is 1.99. The Balaban J connectivity index is 1.92.